The second-order valence-electron chi connectivity index (χ2n) is 8.75. The van der Waals surface area contributed by atoms with Crippen LogP contribution < -0.4 is 10.3 Å². The highest BCUT2D eigenvalue weighted by atomic mass is 35.5. The fourth-order valence-corrected chi connectivity index (χ4v) is 4.57. The molecule has 1 aromatic heterocycles. The van der Waals surface area contributed by atoms with Gasteiger partial charge in [-0.2, -0.15) is 0 Å². The summed E-state index contributed by atoms with van der Waals surface area (Å²) < 4.78 is 12.2. The predicted octanol–water partition coefficient (Wildman–Crippen LogP) is 4.39. The highest BCUT2D eigenvalue weighted by molar-refractivity contribution is 6.31. The molecule has 3 aromatic rings. The van der Waals surface area contributed by atoms with Gasteiger partial charge < -0.3 is 24.0 Å². The van der Waals surface area contributed by atoms with Crippen LogP contribution in [-0.2, 0) is 20.8 Å². The molecule has 198 valence electrons. The molecule has 1 aliphatic heterocycles. The number of carboxylic acid groups (broad SMARTS) is 1. The number of Topliss-reactive ketones (excluding diaryl/α,β-unsaturated/α-hetero) is 1. The number of aromatic carboxylic acids is 1. The number of benzene rings is 2. The van der Waals surface area contributed by atoms with Gasteiger partial charge in [0.1, 0.15) is 12.4 Å². The van der Waals surface area contributed by atoms with Crippen LogP contribution in [0.15, 0.2) is 64.7 Å². The standard InChI is InChI=1S/C28H27ClN2O7/c1-36-11-10-24(25(32)13-17-3-5-18(6-4-17)28(34)35)31-16-26(37-2)22(15-27(31)33)21-14-19(29)7-8-20(21)23-9-12-38-30-23/h3-8,14-16,24H,9-13H2,1-2H3,(H,34,35). The number of carboxylic acids is 1. The van der Waals surface area contributed by atoms with E-state index in [1.54, 1.807) is 24.3 Å². The Kier molecular flexibility index (Phi) is 8.60. The van der Waals surface area contributed by atoms with Gasteiger partial charge in [0.05, 0.1) is 30.6 Å². The largest absolute Gasteiger partial charge is 0.495 e. The lowest BCUT2D eigenvalue weighted by Crippen LogP contribution is -2.31. The second kappa shape index (κ2) is 12.1. The number of ether oxygens (including phenoxy) is 2. The van der Waals surface area contributed by atoms with E-state index in [1.165, 1.54) is 43.2 Å². The van der Waals surface area contributed by atoms with Gasteiger partial charge in [-0.15, -0.1) is 0 Å². The topological polar surface area (TPSA) is 116 Å². The smallest absolute Gasteiger partial charge is 0.335 e. The van der Waals surface area contributed by atoms with Crippen LogP contribution in [0.4, 0.5) is 0 Å². The summed E-state index contributed by atoms with van der Waals surface area (Å²) in [6, 6.07) is 12.0. The van der Waals surface area contributed by atoms with E-state index in [9.17, 15) is 14.4 Å². The van der Waals surface area contributed by atoms with Crippen LogP contribution in [0, 0.1) is 0 Å². The van der Waals surface area contributed by atoms with Crippen molar-refractivity contribution in [3.8, 4) is 16.9 Å². The van der Waals surface area contributed by atoms with Crippen molar-refractivity contribution in [3.05, 3.63) is 86.8 Å². The SMILES string of the molecule is COCCC(C(=O)Cc1ccc(C(=O)O)cc1)n1cc(OC)c(-c2cc(Cl)ccc2C2=NOCC2)cc1=O. The highest BCUT2D eigenvalue weighted by Crippen LogP contribution is 2.35. The third-order valence-electron chi connectivity index (χ3n) is 6.33. The maximum atomic E-state index is 13.4. The fraction of sp³-hybridized carbons (Fsp3) is 0.286. The molecular weight excluding hydrogens is 512 g/mol. The van der Waals surface area contributed by atoms with E-state index in [0.29, 0.717) is 40.5 Å². The summed E-state index contributed by atoms with van der Waals surface area (Å²) in [7, 11) is 3.01. The van der Waals surface area contributed by atoms with Crippen molar-refractivity contribution in [2.24, 2.45) is 5.16 Å². The van der Waals surface area contributed by atoms with Gasteiger partial charge in [0.25, 0.3) is 5.56 Å². The van der Waals surface area contributed by atoms with Crippen molar-refractivity contribution < 1.29 is 29.0 Å². The number of rotatable bonds is 11. The van der Waals surface area contributed by atoms with E-state index in [4.69, 9.17) is 31.0 Å². The number of nitrogens with zero attached hydrogens (tertiary/aromatic N) is 2. The molecule has 1 aliphatic rings. The monoisotopic (exact) mass is 538 g/mol. The number of ketones is 1. The Bertz CT molecular complexity index is 1430. The van der Waals surface area contributed by atoms with Gasteiger partial charge in [-0.3, -0.25) is 9.59 Å². The summed E-state index contributed by atoms with van der Waals surface area (Å²) in [5.41, 5.74) is 3.08. The lowest BCUT2D eigenvalue weighted by Gasteiger charge is -2.21. The number of aromatic nitrogens is 1. The van der Waals surface area contributed by atoms with Crippen LogP contribution in [0.3, 0.4) is 0 Å². The Labute approximate surface area is 224 Å². The number of pyridine rings is 1. The summed E-state index contributed by atoms with van der Waals surface area (Å²) in [5.74, 6) is -0.883. The third kappa shape index (κ3) is 5.95. The van der Waals surface area contributed by atoms with Gasteiger partial charge in [0, 0.05) is 48.8 Å². The molecule has 9 nitrogen and oxygen atoms in total. The number of hydrogen-bond donors (Lipinski definition) is 1. The number of carbonyl (C=O) groups is 2. The molecule has 0 amide bonds. The van der Waals surface area contributed by atoms with Crippen LogP contribution in [0.25, 0.3) is 11.1 Å². The van der Waals surface area contributed by atoms with Crippen LogP contribution >= 0.6 is 11.6 Å². The molecular formula is C28H27ClN2O7. The molecule has 2 heterocycles. The van der Waals surface area contributed by atoms with E-state index in [2.05, 4.69) is 5.16 Å². The molecule has 4 rings (SSSR count). The third-order valence-corrected chi connectivity index (χ3v) is 6.57. The van der Waals surface area contributed by atoms with Crippen molar-refractivity contribution >= 4 is 29.1 Å². The van der Waals surface area contributed by atoms with Crippen molar-refractivity contribution in [1.82, 2.24) is 4.57 Å². The molecule has 38 heavy (non-hydrogen) atoms. The molecule has 0 fully saturated rings. The molecule has 0 bridgehead atoms. The molecule has 0 saturated heterocycles. The molecule has 0 saturated carbocycles. The van der Waals surface area contributed by atoms with E-state index in [1.807, 2.05) is 6.07 Å². The average Bonchev–Trinajstić information content (AvgIpc) is 3.44. The summed E-state index contributed by atoms with van der Waals surface area (Å²) in [5, 5.41) is 13.7. The number of oxime groups is 1. The van der Waals surface area contributed by atoms with Crippen LogP contribution in [0.1, 0.15) is 40.4 Å². The summed E-state index contributed by atoms with van der Waals surface area (Å²) >= 11 is 6.31. The summed E-state index contributed by atoms with van der Waals surface area (Å²) in [6.07, 6.45) is 2.43. The van der Waals surface area contributed by atoms with Crippen LogP contribution in [0.2, 0.25) is 5.02 Å². The minimum absolute atomic E-state index is 0.0169. The van der Waals surface area contributed by atoms with E-state index in [-0.39, 0.29) is 30.8 Å². The zero-order valence-electron chi connectivity index (χ0n) is 21.0. The predicted molar refractivity (Wildman–Crippen MR) is 142 cm³/mol. The van der Waals surface area contributed by atoms with Gasteiger partial charge in [-0.1, -0.05) is 35.0 Å². The molecule has 2 aromatic carbocycles. The second-order valence-corrected chi connectivity index (χ2v) is 9.19. The Balaban J connectivity index is 1.73. The van der Waals surface area contributed by atoms with Gasteiger partial charge in [0.15, 0.2) is 5.78 Å². The van der Waals surface area contributed by atoms with Gasteiger partial charge in [-0.25, -0.2) is 4.79 Å². The summed E-state index contributed by atoms with van der Waals surface area (Å²) in [4.78, 5) is 43.2. The number of halogens is 1. The van der Waals surface area contributed by atoms with Gasteiger partial charge >= 0.3 is 5.97 Å². The van der Waals surface area contributed by atoms with Crippen molar-refractivity contribution in [3.63, 3.8) is 0 Å². The minimum Gasteiger partial charge on any atom is -0.495 e. The minimum atomic E-state index is -1.05. The normalized spacial score (nSPS) is 13.5. The number of carbonyl (C=O) groups excluding carboxylic acids is 1. The molecule has 0 radical (unpaired) electrons. The first-order chi connectivity index (χ1) is 18.3. The molecule has 10 heteroatoms. The van der Waals surface area contributed by atoms with Crippen LogP contribution in [0.5, 0.6) is 5.75 Å². The molecule has 1 atom stereocenters. The van der Waals surface area contributed by atoms with Gasteiger partial charge in [-0.05, 0) is 41.8 Å². The lowest BCUT2D eigenvalue weighted by atomic mass is 9.95. The van der Waals surface area contributed by atoms with Crippen molar-refractivity contribution in [2.45, 2.75) is 25.3 Å². The lowest BCUT2D eigenvalue weighted by molar-refractivity contribution is -0.122. The quantitative estimate of drug-likeness (QED) is 0.385. The van der Waals surface area contributed by atoms with Crippen molar-refractivity contribution in [2.75, 3.05) is 27.4 Å². The molecule has 1 N–H and O–H groups in total. The average molecular weight is 539 g/mol. The highest BCUT2D eigenvalue weighted by Gasteiger charge is 2.25. The Morgan fingerprint density at radius 1 is 1.11 bits per heavy atom. The molecule has 1 unspecified atom stereocenters. The Morgan fingerprint density at radius 2 is 1.87 bits per heavy atom. The van der Waals surface area contributed by atoms with Crippen LogP contribution in [-0.4, -0.2) is 54.6 Å². The molecule has 0 aliphatic carbocycles. The van der Waals surface area contributed by atoms with E-state index < -0.39 is 17.6 Å². The number of methoxy groups -OCH3 is 2. The van der Waals surface area contributed by atoms with Crippen molar-refractivity contribution in [1.29, 1.82) is 0 Å². The van der Waals surface area contributed by atoms with E-state index >= 15 is 0 Å². The number of hydrogen-bond acceptors (Lipinski definition) is 7. The first kappa shape index (κ1) is 27.1. The maximum Gasteiger partial charge on any atom is 0.335 e. The Hall–Kier alpha value is -3.95. The zero-order chi connectivity index (χ0) is 27.2. The fourth-order valence-electron chi connectivity index (χ4n) is 4.40. The van der Waals surface area contributed by atoms with E-state index in [0.717, 1.165) is 11.3 Å². The zero-order valence-corrected chi connectivity index (χ0v) is 21.7. The maximum absolute atomic E-state index is 13.4. The van der Waals surface area contributed by atoms with Gasteiger partial charge in [0.2, 0.25) is 0 Å². The molecule has 0 spiro atoms. The first-order valence-electron chi connectivity index (χ1n) is 12.0. The Morgan fingerprint density at radius 3 is 2.50 bits per heavy atom. The first-order valence-corrected chi connectivity index (χ1v) is 12.3. The summed E-state index contributed by atoms with van der Waals surface area (Å²) in [6.45, 7) is 0.724.